The standard InChI is InChI=1S/C30H46O4/c1-25(2,33)14-8-15-29(7)22-12-17-28(6)20-9-10-21-26(3,4)23(31)13-16-27(21,5)19(20)11-18-30(22,28)24(32)34-29/h9,11,21-23,31,33H,8,10,12-18H2,1-7H3. The predicted molar refractivity (Wildman–Crippen MR) is 134 cm³/mol. The maximum Gasteiger partial charge on any atom is 0.314 e. The Bertz CT molecular complexity index is 953. The second kappa shape index (κ2) is 7.22. The highest BCUT2D eigenvalue weighted by Gasteiger charge is 2.74. The van der Waals surface area contributed by atoms with Gasteiger partial charge >= 0.3 is 5.97 Å². The molecule has 1 saturated heterocycles. The first-order chi connectivity index (χ1) is 15.6. The van der Waals surface area contributed by atoms with Gasteiger partial charge in [-0.2, -0.15) is 0 Å². The van der Waals surface area contributed by atoms with Crippen LogP contribution in [0.4, 0.5) is 0 Å². The Hall–Kier alpha value is -1.13. The summed E-state index contributed by atoms with van der Waals surface area (Å²) in [6.07, 6.45) is 12.6. The van der Waals surface area contributed by atoms with E-state index in [4.69, 9.17) is 4.74 Å². The topological polar surface area (TPSA) is 66.8 Å². The van der Waals surface area contributed by atoms with Crippen LogP contribution < -0.4 is 0 Å². The van der Waals surface area contributed by atoms with Crippen LogP contribution >= 0.6 is 0 Å². The van der Waals surface area contributed by atoms with Crippen molar-refractivity contribution in [3.05, 3.63) is 23.3 Å². The van der Waals surface area contributed by atoms with Crippen molar-refractivity contribution in [2.24, 2.45) is 33.5 Å². The molecule has 34 heavy (non-hydrogen) atoms. The molecule has 7 atom stereocenters. The molecule has 5 aliphatic rings. The number of allylic oxidation sites excluding steroid dienone is 4. The van der Waals surface area contributed by atoms with E-state index in [0.717, 1.165) is 51.4 Å². The van der Waals surface area contributed by atoms with Gasteiger partial charge in [0, 0.05) is 11.3 Å². The van der Waals surface area contributed by atoms with Crippen LogP contribution in [0.2, 0.25) is 0 Å². The number of carbonyl (C=O) groups is 1. The average Bonchev–Trinajstić information content (AvgIpc) is 3.15. The first-order valence-corrected chi connectivity index (χ1v) is 13.7. The van der Waals surface area contributed by atoms with Gasteiger partial charge in [0.2, 0.25) is 0 Å². The number of hydrogen-bond acceptors (Lipinski definition) is 4. The highest BCUT2D eigenvalue weighted by molar-refractivity contribution is 5.84. The number of rotatable bonds is 4. The molecule has 1 spiro atoms. The molecule has 0 aromatic carbocycles. The Kier molecular flexibility index (Phi) is 5.21. The number of aliphatic hydroxyl groups excluding tert-OH is 1. The van der Waals surface area contributed by atoms with Gasteiger partial charge in [-0.15, -0.1) is 0 Å². The summed E-state index contributed by atoms with van der Waals surface area (Å²) < 4.78 is 6.30. The minimum atomic E-state index is -0.691. The second-order valence-corrected chi connectivity index (χ2v) is 14.3. The van der Waals surface area contributed by atoms with Crippen LogP contribution in [0.25, 0.3) is 0 Å². The van der Waals surface area contributed by atoms with E-state index in [0.29, 0.717) is 12.3 Å². The molecule has 2 saturated carbocycles. The number of esters is 1. The lowest BCUT2D eigenvalue weighted by atomic mass is 9.44. The molecule has 1 heterocycles. The molecule has 0 radical (unpaired) electrons. The molecule has 4 nitrogen and oxygen atoms in total. The molecule has 4 aliphatic carbocycles. The molecule has 1 aliphatic heterocycles. The fourth-order valence-electron chi connectivity index (χ4n) is 9.48. The molecule has 5 rings (SSSR count). The summed E-state index contributed by atoms with van der Waals surface area (Å²) in [4.78, 5) is 13.8. The molecule has 7 unspecified atom stereocenters. The summed E-state index contributed by atoms with van der Waals surface area (Å²) >= 11 is 0. The van der Waals surface area contributed by atoms with Gasteiger partial charge in [0.05, 0.1) is 17.1 Å². The van der Waals surface area contributed by atoms with Crippen LogP contribution in [0.5, 0.6) is 0 Å². The largest absolute Gasteiger partial charge is 0.459 e. The summed E-state index contributed by atoms with van der Waals surface area (Å²) in [5.74, 6) is 0.635. The van der Waals surface area contributed by atoms with Crippen LogP contribution in [0.15, 0.2) is 23.3 Å². The lowest BCUT2D eigenvalue weighted by Gasteiger charge is -2.60. The van der Waals surface area contributed by atoms with Crippen LogP contribution in [-0.2, 0) is 9.53 Å². The number of ether oxygens (including phenoxy) is 1. The van der Waals surface area contributed by atoms with Crippen LogP contribution in [-0.4, -0.2) is 33.5 Å². The molecule has 190 valence electrons. The molecule has 0 aromatic rings. The van der Waals surface area contributed by atoms with Gasteiger partial charge in [-0.3, -0.25) is 4.79 Å². The van der Waals surface area contributed by atoms with Crippen LogP contribution in [0.1, 0.15) is 106 Å². The number of aliphatic hydroxyl groups is 2. The van der Waals surface area contributed by atoms with Crippen molar-refractivity contribution in [3.63, 3.8) is 0 Å². The molecule has 0 bridgehead atoms. The van der Waals surface area contributed by atoms with Crippen molar-refractivity contribution in [1.29, 1.82) is 0 Å². The SMILES string of the molecule is CC(C)(O)CCCC1(C)OC(=O)C23CC=C4C(=CCC5C4(C)CCC(O)C5(C)C)C2(C)CCC13. The van der Waals surface area contributed by atoms with Gasteiger partial charge < -0.3 is 14.9 Å². The van der Waals surface area contributed by atoms with Gasteiger partial charge in [-0.1, -0.05) is 39.8 Å². The molecule has 3 fully saturated rings. The van der Waals surface area contributed by atoms with Gasteiger partial charge in [0.15, 0.2) is 0 Å². The smallest absolute Gasteiger partial charge is 0.314 e. The molecular formula is C30H46O4. The lowest BCUT2D eigenvalue weighted by Crippen LogP contribution is -2.55. The van der Waals surface area contributed by atoms with Crippen molar-refractivity contribution in [2.75, 3.05) is 0 Å². The third-order valence-electron chi connectivity index (χ3n) is 11.6. The fraction of sp³-hybridized carbons (Fsp3) is 0.833. The Morgan fingerprint density at radius 2 is 1.74 bits per heavy atom. The van der Waals surface area contributed by atoms with Gasteiger partial charge in [-0.05, 0) is 106 Å². The van der Waals surface area contributed by atoms with Gasteiger partial charge in [0.1, 0.15) is 5.60 Å². The maximum absolute atomic E-state index is 13.8. The number of cyclic esters (lactones) is 1. The van der Waals surface area contributed by atoms with Crippen molar-refractivity contribution in [2.45, 2.75) is 124 Å². The van der Waals surface area contributed by atoms with E-state index in [-0.39, 0.29) is 34.2 Å². The lowest BCUT2D eigenvalue weighted by molar-refractivity contribution is -0.158. The van der Waals surface area contributed by atoms with Gasteiger partial charge in [0.25, 0.3) is 0 Å². The van der Waals surface area contributed by atoms with E-state index in [1.165, 1.54) is 11.1 Å². The highest BCUT2D eigenvalue weighted by Crippen LogP contribution is 2.74. The monoisotopic (exact) mass is 470 g/mol. The van der Waals surface area contributed by atoms with E-state index in [1.807, 2.05) is 13.8 Å². The molecule has 0 aromatic heterocycles. The van der Waals surface area contributed by atoms with Gasteiger partial charge in [-0.25, -0.2) is 0 Å². The zero-order valence-corrected chi connectivity index (χ0v) is 22.5. The minimum Gasteiger partial charge on any atom is -0.459 e. The number of hydrogen-bond donors (Lipinski definition) is 2. The van der Waals surface area contributed by atoms with E-state index in [1.54, 1.807) is 0 Å². The minimum absolute atomic E-state index is 0.00568. The molecule has 4 heteroatoms. The Balaban J connectivity index is 1.51. The summed E-state index contributed by atoms with van der Waals surface area (Å²) in [5.41, 5.74) is 0.988. The van der Waals surface area contributed by atoms with E-state index in [2.05, 4.69) is 46.8 Å². The fourth-order valence-corrected chi connectivity index (χ4v) is 9.48. The third kappa shape index (κ3) is 3.00. The molecular weight excluding hydrogens is 424 g/mol. The summed E-state index contributed by atoms with van der Waals surface area (Å²) in [6.45, 7) is 15.1. The number of fused-ring (bicyclic) bond motifs is 4. The van der Waals surface area contributed by atoms with Crippen molar-refractivity contribution < 1.29 is 19.7 Å². The Morgan fingerprint density at radius 3 is 2.41 bits per heavy atom. The quantitative estimate of drug-likeness (QED) is 0.487. The second-order valence-electron chi connectivity index (χ2n) is 14.3. The van der Waals surface area contributed by atoms with Crippen LogP contribution in [0.3, 0.4) is 0 Å². The highest BCUT2D eigenvalue weighted by atomic mass is 16.6. The Labute approximate surface area is 206 Å². The van der Waals surface area contributed by atoms with Crippen molar-refractivity contribution in [1.82, 2.24) is 0 Å². The maximum atomic E-state index is 13.8. The van der Waals surface area contributed by atoms with Crippen molar-refractivity contribution >= 4 is 5.97 Å². The molecule has 0 amide bonds. The zero-order chi connectivity index (χ0) is 24.9. The zero-order valence-electron chi connectivity index (χ0n) is 22.5. The van der Waals surface area contributed by atoms with E-state index < -0.39 is 16.6 Å². The molecule has 2 N–H and O–H groups in total. The summed E-state index contributed by atoms with van der Waals surface area (Å²) in [5, 5.41) is 21.0. The first kappa shape index (κ1) is 24.6. The van der Waals surface area contributed by atoms with E-state index >= 15 is 0 Å². The van der Waals surface area contributed by atoms with Crippen molar-refractivity contribution in [3.8, 4) is 0 Å². The van der Waals surface area contributed by atoms with Crippen LogP contribution in [0, 0.1) is 33.5 Å². The number of carbonyl (C=O) groups excluding carboxylic acids is 1. The predicted octanol–water partition coefficient (Wildman–Crippen LogP) is 6.11. The Morgan fingerprint density at radius 1 is 1.03 bits per heavy atom. The normalized spacial score (nSPS) is 47.1. The third-order valence-corrected chi connectivity index (χ3v) is 11.6. The summed E-state index contributed by atoms with van der Waals surface area (Å²) in [7, 11) is 0. The summed E-state index contributed by atoms with van der Waals surface area (Å²) in [6, 6.07) is 0. The van der Waals surface area contributed by atoms with E-state index in [9.17, 15) is 15.0 Å². The average molecular weight is 471 g/mol. The first-order valence-electron chi connectivity index (χ1n) is 13.7.